The van der Waals surface area contributed by atoms with Gasteiger partial charge in [0.25, 0.3) is 5.91 Å². The Kier molecular flexibility index (Phi) is 7.65. The monoisotopic (exact) mass is 578 g/mol. The number of rotatable bonds is 6. The number of nitrogens with zero attached hydrogens (tertiary/aromatic N) is 3. The Balaban J connectivity index is 1.44. The van der Waals surface area contributed by atoms with Crippen LogP contribution in [0.4, 0.5) is 5.69 Å². The van der Waals surface area contributed by atoms with Crippen LogP contribution in [0.25, 0.3) is 22.0 Å². The summed E-state index contributed by atoms with van der Waals surface area (Å²) in [5, 5.41) is 4.64. The van der Waals surface area contributed by atoms with Crippen molar-refractivity contribution in [2.45, 2.75) is 12.3 Å². The van der Waals surface area contributed by atoms with E-state index < -0.39 is 0 Å². The van der Waals surface area contributed by atoms with Crippen LogP contribution in [0.2, 0.25) is 10.0 Å². The largest absolute Gasteiger partial charge is 0.493 e. The average molecular weight is 579 g/mol. The van der Waals surface area contributed by atoms with Gasteiger partial charge < -0.3 is 24.4 Å². The fourth-order valence-corrected chi connectivity index (χ4v) is 5.84. The number of pyridine rings is 2. The molecule has 1 saturated heterocycles. The predicted octanol–water partition coefficient (Wildman–Crippen LogP) is 5.74. The molecule has 0 radical (unpaired) electrons. The van der Waals surface area contributed by atoms with Crippen molar-refractivity contribution in [1.82, 2.24) is 15.3 Å². The van der Waals surface area contributed by atoms with Crippen molar-refractivity contribution in [2.75, 3.05) is 51.5 Å². The van der Waals surface area contributed by atoms with Crippen LogP contribution in [-0.2, 0) is 4.74 Å². The molecule has 1 fully saturated rings. The number of nitrogens with one attached hydrogen (secondary N) is 1. The molecule has 2 aliphatic rings. The summed E-state index contributed by atoms with van der Waals surface area (Å²) in [6.07, 6.45) is 4.13. The molecule has 0 bridgehead atoms. The lowest BCUT2D eigenvalue weighted by atomic mass is 9.93. The van der Waals surface area contributed by atoms with Crippen LogP contribution >= 0.6 is 23.2 Å². The first-order valence-corrected chi connectivity index (χ1v) is 13.9. The Morgan fingerprint density at radius 1 is 1.05 bits per heavy atom. The summed E-state index contributed by atoms with van der Waals surface area (Å²) in [6.45, 7) is 3.40. The van der Waals surface area contributed by atoms with Crippen LogP contribution in [0.3, 0.4) is 0 Å². The van der Waals surface area contributed by atoms with Crippen molar-refractivity contribution in [3.8, 4) is 22.8 Å². The van der Waals surface area contributed by atoms with E-state index in [-0.39, 0.29) is 11.8 Å². The number of methoxy groups -OCH3 is 1. The number of benzene rings is 2. The number of hydrogen-bond acceptors (Lipinski definition) is 7. The van der Waals surface area contributed by atoms with Gasteiger partial charge in [0, 0.05) is 49.1 Å². The molecule has 4 heterocycles. The zero-order chi connectivity index (χ0) is 27.6. The number of fused-ring (bicyclic) bond motifs is 2. The van der Waals surface area contributed by atoms with Gasteiger partial charge in [0.1, 0.15) is 5.75 Å². The lowest BCUT2D eigenvalue weighted by molar-refractivity contribution is 0.0946. The van der Waals surface area contributed by atoms with Crippen LogP contribution in [-0.4, -0.2) is 62.4 Å². The average Bonchev–Trinajstić information content (AvgIpc) is 3.00. The summed E-state index contributed by atoms with van der Waals surface area (Å²) in [6, 6.07) is 13.4. The summed E-state index contributed by atoms with van der Waals surface area (Å²) >= 11 is 12.9. The van der Waals surface area contributed by atoms with Crippen LogP contribution < -0.4 is 19.7 Å². The first-order chi connectivity index (χ1) is 19.6. The molecule has 4 aromatic rings. The molecular formula is C30H28Cl2N4O4. The van der Waals surface area contributed by atoms with E-state index in [9.17, 15) is 4.79 Å². The molecule has 206 valence electrons. The number of carbonyl (C=O) groups is 1. The summed E-state index contributed by atoms with van der Waals surface area (Å²) in [4.78, 5) is 25.3. The quantitative estimate of drug-likeness (QED) is 0.312. The number of aromatic nitrogens is 2. The molecule has 1 amide bonds. The second kappa shape index (κ2) is 11.5. The van der Waals surface area contributed by atoms with Gasteiger partial charge in [0.05, 0.1) is 59.1 Å². The highest BCUT2D eigenvalue weighted by molar-refractivity contribution is 6.44. The van der Waals surface area contributed by atoms with E-state index in [1.807, 2.05) is 30.3 Å². The molecule has 0 aliphatic carbocycles. The SMILES string of the molecule is COc1ncc(-c2cccc(Cl)c2Cl)c2ncc(C(=O)NCC3CCOc4ccccc43)c(N3CCOCC3)c12. The van der Waals surface area contributed by atoms with Gasteiger partial charge in [-0.15, -0.1) is 0 Å². The lowest BCUT2D eigenvalue weighted by Crippen LogP contribution is -2.38. The minimum atomic E-state index is -0.215. The molecule has 2 aliphatic heterocycles. The van der Waals surface area contributed by atoms with Crippen molar-refractivity contribution < 1.29 is 19.0 Å². The highest BCUT2D eigenvalue weighted by Gasteiger charge is 2.28. The van der Waals surface area contributed by atoms with Crippen LogP contribution in [0, 0.1) is 0 Å². The number of anilines is 1. The second-order valence-electron chi connectivity index (χ2n) is 9.71. The molecule has 10 heteroatoms. The van der Waals surface area contributed by atoms with E-state index in [1.165, 1.54) is 0 Å². The second-order valence-corrected chi connectivity index (χ2v) is 10.5. The van der Waals surface area contributed by atoms with Crippen molar-refractivity contribution in [3.63, 3.8) is 0 Å². The highest BCUT2D eigenvalue weighted by atomic mass is 35.5. The zero-order valence-corrected chi connectivity index (χ0v) is 23.5. The topological polar surface area (TPSA) is 85.8 Å². The third-order valence-corrected chi connectivity index (χ3v) is 8.25. The summed E-state index contributed by atoms with van der Waals surface area (Å²) in [5.74, 6) is 1.19. The predicted molar refractivity (Wildman–Crippen MR) is 156 cm³/mol. The Hall–Kier alpha value is -3.59. The number of carbonyl (C=O) groups excluding carboxylic acids is 1. The number of ether oxygens (including phenoxy) is 3. The maximum Gasteiger partial charge on any atom is 0.255 e. The zero-order valence-electron chi connectivity index (χ0n) is 22.0. The smallest absolute Gasteiger partial charge is 0.255 e. The lowest BCUT2D eigenvalue weighted by Gasteiger charge is -2.32. The van der Waals surface area contributed by atoms with Crippen molar-refractivity contribution in [3.05, 3.63) is 76.0 Å². The summed E-state index contributed by atoms with van der Waals surface area (Å²) < 4.78 is 17.1. The van der Waals surface area contributed by atoms with E-state index >= 15 is 0 Å². The molecule has 2 aromatic heterocycles. The van der Waals surface area contributed by atoms with Gasteiger partial charge in [0.15, 0.2) is 0 Å². The van der Waals surface area contributed by atoms with Crippen molar-refractivity contribution >= 4 is 45.7 Å². The fourth-order valence-electron chi connectivity index (χ4n) is 5.44. The van der Waals surface area contributed by atoms with Crippen LogP contribution in [0.5, 0.6) is 11.6 Å². The van der Waals surface area contributed by atoms with E-state index in [1.54, 1.807) is 25.6 Å². The summed E-state index contributed by atoms with van der Waals surface area (Å²) in [7, 11) is 1.56. The number of hydrogen-bond donors (Lipinski definition) is 1. The standard InChI is InChI=1S/C30H28Cl2N4O4/c1-38-30-25-27(21(16-35-30)20-6-4-7-23(31)26(20)32)33-17-22(28(25)36-10-13-39-14-11-36)29(37)34-15-18-9-12-40-24-8-3-2-5-19(18)24/h2-8,16-18H,9-15H2,1H3,(H,34,37). The maximum atomic E-state index is 13.8. The van der Waals surface area contributed by atoms with Gasteiger partial charge in [-0.1, -0.05) is 53.5 Å². The van der Waals surface area contributed by atoms with E-state index in [2.05, 4.69) is 21.3 Å². The number of halogens is 2. The minimum absolute atomic E-state index is 0.155. The molecule has 2 aromatic carbocycles. The molecule has 0 spiro atoms. The maximum absolute atomic E-state index is 13.8. The minimum Gasteiger partial charge on any atom is -0.493 e. The van der Waals surface area contributed by atoms with Gasteiger partial charge in [-0.05, 0) is 24.1 Å². The van der Waals surface area contributed by atoms with Gasteiger partial charge >= 0.3 is 0 Å². The third kappa shape index (κ3) is 4.91. The van der Waals surface area contributed by atoms with E-state index in [4.69, 9.17) is 42.4 Å². The van der Waals surface area contributed by atoms with Crippen molar-refractivity contribution in [1.29, 1.82) is 0 Å². The molecule has 0 saturated carbocycles. The van der Waals surface area contributed by atoms with Crippen molar-refractivity contribution in [2.24, 2.45) is 0 Å². The summed E-state index contributed by atoms with van der Waals surface area (Å²) in [5.41, 5.74) is 4.28. The molecule has 8 nitrogen and oxygen atoms in total. The van der Waals surface area contributed by atoms with E-state index in [0.717, 1.165) is 17.7 Å². The third-order valence-electron chi connectivity index (χ3n) is 7.43. The Morgan fingerprint density at radius 2 is 1.88 bits per heavy atom. The first kappa shape index (κ1) is 26.6. The normalized spacial score (nSPS) is 16.8. The van der Waals surface area contributed by atoms with Gasteiger partial charge in [-0.3, -0.25) is 9.78 Å². The van der Waals surface area contributed by atoms with Crippen LogP contribution in [0.15, 0.2) is 54.9 Å². The highest BCUT2D eigenvalue weighted by Crippen LogP contribution is 2.42. The fraction of sp³-hybridized carbons (Fsp3) is 0.300. The molecule has 40 heavy (non-hydrogen) atoms. The van der Waals surface area contributed by atoms with E-state index in [0.29, 0.717) is 88.7 Å². The Bertz CT molecular complexity index is 1580. The Labute approximate surface area is 242 Å². The van der Waals surface area contributed by atoms with Crippen LogP contribution in [0.1, 0.15) is 28.3 Å². The Morgan fingerprint density at radius 3 is 2.70 bits per heavy atom. The molecule has 1 atom stereocenters. The van der Waals surface area contributed by atoms with Gasteiger partial charge in [-0.25, -0.2) is 4.98 Å². The number of para-hydroxylation sites is 1. The molecule has 1 unspecified atom stereocenters. The van der Waals surface area contributed by atoms with Gasteiger partial charge in [0.2, 0.25) is 5.88 Å². The first-order valence-electron chi connectivity index (χ1n) is 13.2. The number of amides is 1. The van der Waals surface area contributed by atoms with Gasteiger partial charge in [-0.2, -0.15) is 0 Å². The number of morpholine rings is 1. The molecule has 6 rings (SSSR count). The molecular weight excluding hydrogens is 551 g/mol. The molecule has 1 N–H and O–H groups in total.